The lowest BCUT2D eigenvalue weighted by atomic mass is 10.2. The van der Waals surface area contributed by atoms with E-state index in [0.29, 0.717) is 30.5 Å². The summed E-state index contributed by atoms with van der Waals surface area (Å²) >= 11 is 3.45. The molecule has 2 aromatic rings. The number of nitrogens with zero attached hydrogens (tertiary/aromatic N) is 1. The molecule has 8 heteroatoms. The molecule has 0 bridgehead atoms. The maximum Gasteiger partial charge on any atom is 0.314 e. The van der Waals surface area contributed by atoms with Gasteiger partial charge < -0.3 is 18.9 Å². The molecule has 0 unspecified atom stereocenters. The Bertz CT molecular complexity index is 779. The van der Waals surface area contributed by atoms with Gasteiger partial charge in [-0.1, -0.05) is 15.9 Å². The Morgan fingerprint density at radius 1 is 1.21 bits per heavy atom. The van der Waals surface area contributed by atoms with E-state index in [2.05, 4.69) is 15.9 Å². The third kappa shape index (κ3) is 3.38. The van der Waals surface area contributed by atoms with Crippen LogP contribution in [-0.4, -0.2) is 25.2 Å². The number of fused-ring (bicyclic) bond motifs is 1. The van der Waals surface area contributed by atoms with Gasteiger partial charge in [0.1, 0.15) is 25.6 Å². The number of rotatable bonds is 5. The molecule has 0 aliphatic carbocycles. The van der Waals surface area contributed by atoms with Crippen LogP contribution < -0.4 is 18.9 Å². The lowest BCUT2D eigenvalue weighted by Gasteiger charge is -2.20. The fourth-order valence-electron chi connectivity index (χ4n) is 2.26. The fraction of sp³-hybridized carbons (Fsp3) is 0.250. The fourth-order valence-corrected chi connectivity index (χ4v) is 2.70. The number of hydrogen-bond donors (Lipinski definition) is 0. The van der Waals surface area contributed by atoms with E-state index in [1.165, 1.54) is 19.2 Å². The summed E-state index contributed by atoms with van der Waals surface area (Å²) in [5.41, 5.74) is 0.646. The first-order valence-corrected chi connectivity index (χ1v) is 7.91. The highest BCUT2D eigenvalue weighted by atomic mass is 79.9. The summed E-state index contributed by atoms with van der Waals surface area (Å²) < 4.78 is 22.5. The van der Waals surface area contributed by atoms with Crippen molar-refractivity contribution in [2.24, 2.45) is 0 Å². The normalized spacial score (nSPS) is 12.6. The van der Waals surface area contributed by atoms with E-state index < -0.39 is 4.92 Å². The van der Waals surface area contributed by atoms with E-state index in [9.17, 15) is 10.1 Å². The number of hydrogen-bond acceptors (Lipinski definition) is 6. The van der Waals surface area contributed by atoms with Gasteiger partial charge in [0.2, 0.25) is 0 Å². The third-order valence-corrected chi connectivity index (χ3v) is 4.20. The molecule has 0 fully saturated rings. The Morgan fingerprint density at radius 3 is 2.58 bits per heavy atom. The van der Waals surface area contributed by atoms with Crippen LogP contribution in [0.15, 0.2) is 34.8 Å². The molecule has 1 heterocycles. The first kappa shape index (κ1) is 16.4. The van der Waals surface area contributed by atoms with Crippen molar-refractivity contribution < 1.29 is 23.9 Å². The molecule has 0 amide bonds. The van der Waals surface area contributed by atoms with Crippen LogP contribution in [-0.2, 0) is 6.61 Å². The maximum absolute atomic E-state index is 11.2. The molecule has 0 N–H and O–H groups in total. The van der Waals surface area contributed by atoms with Crippen molar-refractivity contribution in [1.29, 1.82) is 0 Å². The number of methoxy groups -OCH3 is 1. The lowest BCUT2D eigenvalue weighted by Crippen LogP contribution is -2.15. The molecule has 1 aliphatic heterocycles. The summed E-state index contributed by atoms with van der Waals surface area (Å²) in [6.07, 6.45) is 0. The highest BCUT2D eigenvalue weighted by Gasteiger charge is 2.19. The van der Waals surface area contributed by atoms with Crippen molar-refractivity contribution in [3.05, 3.63) is 50.5 Å². The summed E-state index contributed by atoms with van der Waals surface area (Å²) in [4.78, 5) is 10.7. The van der Waals surface area contributed by atoms with E-state index in [1.807, 2.05) is 0 Å². The Labute approximate surface area is 146 Å². The number of halogens is 1. The smallest absolute Gasteiger partial charge is 0.314 e. The highest BCUT2D eigenvalue weighted by molar-refractivity contribution is 9.10. The average molecular weight is 396 g/mol. The van der Waals surface area contributed by atoms with Crippen molar-refractivity contribution in [2.75, 3.05) is 20.3 Å². The molecule has 0 saturated heterocycles. The number of benzene rings is 2. The van der Waals surface area contributed by atoms with Crippen LogP contribution in [0.5, 0.6) is 23.0 Å². The average Bonchev–Trinajstić information content (AvgIpc) is 2.59. The topological polar surface area (TPSA) is 80.1 Å². The Balaban J connectivity index is 1.82. The van der Waals surface area contributed by atoms with Crippen molar-refractivity contribution in [2.45, 2.75) is 6.61 Å². The van der Waals surface area contributed by atoms with E-state index in [4.69, 9.17) is 18.9 Å². The monoisotopic (exact) mass is 395 g/mol. The Hall–Kier alpha value is -2.48. The van der Waals surface area contributed by atoms with Gasteiger partial charge in [0, 0.05) is 10.0 Å². The highest BCUT2D eigenvalue weighted by Crippen LogP contribution is 2.37. The zero-order chi connectivity index (χ0) is 17.1. The Kier molecular flexibility index (Phi) is 4.75. The molecule has 7 nitrogen and oxygen atoms in total. The summed E-state index contributed by atoms with van der Waals surface area (Å²) in [5, 5.41) is 11.2. The molecule has 2 aromatic carbocycles. The number of nitro groups is 1. The first-order valence-electron chi connectivity index (χ1n) is 7.11. The van der Waals surface area contributed by atoms with E-state index in [-0.39, 0.29) is 18.0 Å². The van der Waals surface area contributed by atoms with Crippen LogP contribution >= 0.6 is 15.9 Å². The quantitative estimate of drug-likeness (QED) is 0.566. The summed E-state index contributed by atoms with van der Waals surface area (Å²) in [6.45, 7) is 1.14. The SMILES string of the molecule is COc1ccc(OCc2cc3c(cc2Br)OCCO3)c([N+](=O)[O-])c1. The minimum absolute atomic E-state index is 0.143. The van der Waals surface area contributed by atoms with Crippen LogP contribution in [0.2, 0.25) is 0 Å². The van der Waals surface area contributed by atoms with Gasteiger partial charge in [-0.3, -0.25) is 10.1 Å². The second-order valence-electron chi connectivity index (χ2n) is 4.97. The van der Waals surface area contributed by atoms with Gasteiger partial charge >= 0.3 is 5.69 Å². The second kappa shape index (κ2) is 6.96. The van der Waals surface area contributed by atoms with Gasteiger partial charge in [-0.2, -0.15) is 0 Å². The van der Waals surface area contributed by atoms with Crippen LogP contribution in [0, 0.1) is 10.1 Å². The van der Waals surface area contributed by atoms with E-state index in [0.717, 1.165) is 10.0 Å². The third-order valence-electron chi connectivity index (χ3n) is 3.46. The van der Waals surface area contributed by atoms with Crippen molar-refractivity contribution in [3.8, 4) is 23.0 Å². The van der Waals surface area contributed by atoms with Crippen LogP contribution in [0.25, 0.3) is 0 Å². The largest absolute Gasteiger partial charge is 0.496 e. The minimum atomic E-state index is -0.503. The first-order chi connectivity index (χ1) is 11.6. The molecule has 3 rings (SSSR count). The predicted molar refractivity (Wildman–Crippen MR) is 89.1 cm³/mol. The molecule has 0 radical (unpaired) electrons. The van der Waals surface area contributed by atoms with Crippen LogP contribution in [0.1, 0.15) is 5.56 Å². The maximum atomic E-state index is 11.2. The van der Waals surface area contributed by atoms with E-state index in [1.54, 1.807) is 18.2 Å². The van der Waals surface area contributed by atoms with Gasteiger partial charge in [-0.15, -0.1) is 0 Å². The van der Waals surface area contributed by atoms with Crippen LogP contribution in [0.3, 0.4) is 0 Å². The number of nitro benzene ring substituents is 1. The molecule has 126 valence electrons. The predicted octanol–water partition coefficient (Wildman–Crippen LogP) is 3.72. The zero-order valence-electron chi connectivity index (χ0n) is 12.8. The van der Waals surface area contributed by atoms with E-state index >= 15 is 0 Å². The van der Waals surface area contributed by atoms with Crippen molar-refractivity contribution in [1.82, 2.24) is 0 Å². The summed E-state index contributed by atoms with van der Waals surface area (Å²) in [7, 11) is 1.45. The number of ether oxygens (including phenoxy) is 4. The molecule has 0 spiro atoms. The molecule has 1 aliphatic rings. The molecule has 24 heavy (non-hydrogen) atoms. The van der Waals surface area contributed by atoms with Crippen LogP contribution in [0.4, 0.5) is 5.69 Å². The standard InChI is InChI=1S/C16H14BrNO6/c1-21-11-2-3-14(13(7-11)18(19)20)24-9-10-6-15-16(8-12(10)17)23-5-4-22-15/h2-3,6-8H,4-5,9H2,1H3. The minimum Gasteiger partial charge on any atom is -0.496 e. The molecule has 0 aromatic heterocycles. The molecular weight excluding hydrogens is 382 g/mol. The van der Waals surface area contributed by atoms with Gasteiger partial charge in [-0.05, 0) is 24.3 Å². The Morgan fingerprint density at radius 2 is 1.92 bits per heavy atom. The molecular formula is C16H14BrNO6. The summed E-state index contributed by atoms with van der Waals surface area (Å²) in [5.74, 6) is 1.86. The van der Waals surface area contributed by atoms with Gasteiger partial charge in [0.25, 0.3) is 0 Å². The summed E-state index contributed by atoms with van der Waals surface area (Å²) in [6, 6.07) is 8.06. The molecule has 0 atom stereocenters. The van der Waals surface area contributed by atoms with Gasteiger partial charge in [-0.25, -0.2) is 0 Å². The second-order valence-corrected chi connectivity index (χ2v) is 5.82. The van der Waals surface area contributed by atoms with Crippen molar-refractivity contribution in [3.63, 3.8) is 0 Å². The molecule has 0 saturated carbocycles. The van der Waals surface area contributed by atoms with Gasteiger partial charge in [0.05, 0.1) is 18.1 Å². The zero-order valence-corrected chi connectivity index (χ0v) is 14.4. The lowest BCUT2D eigenvalue weighted by molar-refractivity contribution is -0.386. The van der Waals surface area contributed by atoms with Gasteiger partial charge in [0.15, 0.2) is 17.2 Å². The van der Waals surface area contributed by atoms with Crippen molar-refractivity contribution >= 4 is 21.6 Å².